The second-order valence-electron chi connectivity index (χ2n) is 4.08. The SMILES string of the molecule is CC(=CC(O)C(O)C(C)(CO)CO)CO. The first kappa shape index (κ1) is 14.5. The van der Waals surface area contributed by atoms with Crippen molar-refractivity contribution in [3.05, 3.63) is 11.6 Å². The summed E-state index contributed by atoms with van der Waals surface area (Å²) in [6, 6.07) is 0. The van der Waals surface area contributed by atoms with E-state index in [0.29, 0.717) is 5.57 Å². The fourth-order valence-electron chi connectivity index (χ4n) is 1.08. The minimum absolute atomic E-state index is 0.210. The Morgan fingerprint density at radius 1 is 1.20 bits per heavy atom. The van der Waals surface area contributed by atoms with Gasteiger partial charge in [0.15, 0.2) is 0 Å². The van der Waals surface area contributed by atoms with Gasteiger partial charge < -0.3 is 25.5 Å². The van der Waals surface area contributed by atoms with Crippen LogP contribution in [0.4, 0.5) is 0 Å². The molecule has 0 aromatic rings. The van der Waals surface area contributed by atoms with E-state index in [0.717, 1.165) is 0 Å². The van der Waals surface area contributed by atoms with Crippen LogP contribution in [-0.4, -0.2) is 57.6 Å². The molecule has 0 heterocycles. The predicted octanol–water partition coefficient (Wildman–Crippen LogP) is -1.36. The maximum absolute atomic E-state index is 9.68. The molecule has 0 fully saturated rings. The molecule has 0 aliphatic heterocycles. The highest BCUT2D eigenvalue weighted by atomic mass is 16.3. The molecule has 2 unspecified atom stereocenters. The smallest absolute Gasteiger partial charge is 0.0990 e. The Morgan fingerprint density at radius 3 is 2.00 bits per heavy atom. The summed E-state index contributed by atoms with van der Waals surface area (Å²) >= 11 is 0. The van der Waals surface area contributed by atoms with Gasteiger partial charge in [-0.15, -0.1) is 0 Å². The zero-order chi connectivity index (χ0) is 12.1. The summed E-state index contributed by atoms with van der Waals surface area (Å²) in [6.45, 7) is 1.98. The molecule has 5 heteroatoms. The largest absolute Gasteiger partial charge is 0.396 e. The van der Waals surface area contributed by atoms with Crippen molar-refractivity contribution in [2.75, 3.05) is 19.8 Å². The van der Waals surface area contributed by atoms with Gasteiger partial charge in [0.05, 0.1) is 32.0 Å². The van der Waals surface area contributed by atoms with Gasteiger partial charge >= 0.3 is 0 Å². The van der Waals surface area contributed by atoms with E-state index in [4.69, 9.17) is 15.3 Å². The Labute approximate surface area is 89.3 Å². The summed E-state index contributed by atoms with van der Waals surface area (Å²) in [6.07, 6.45) is -1.20. The molecule has 0 bridgehead atoms. The number of aliphatic hydroxyl groups is 5. The van der Waals surface area contributed by atoms with Crippen LogP contribution in [0.3, 0.4) is 0 Å². The third kappa shape index (κ3) is 3.89. The molecule has 0 aromatic heterocycles. The van der Waals surface area contributed by atoms with Gasteiger partial charge in [-0.05, 0) is 12.5 Å². The summed E-state index contributed by atoms with van der Waals surface area (Å²) in [5.74, 6) is 0. The van der Waals surface area contributed by atoms with Gasteiger partial charge in [-0.1, -0.05) is 13.0 Å². The van der Waals surface area contributed by atoms with E-state index in [1.807, 2.05) is 0 Å². The number of hydrogen-bond acceptors (Lipinski definition) is 5. The highest BCUT2D eigenvalue weighted by Crippen LogP contribution is 2.23. The van der Waals surface area contributed by atoms with Gasteiger partial charge in [0, 0.05) is 5.41 Å². The molecule has 0 rings (SSSR count). The lowest BCUT2D eigenvalue weighted by Gasteiger charge is -2.32. The van der Waals surface area contributed by atoms with Crippen LogP contribution in [0, 0.1) is 5.41 Å². The summed E-state index contributed by atoms with van der Waals surface area (Å²) in [7, 11) is 0. The first-order chi connectivity index (χ1) is 6.91. The molecule has 5 nitrogen and oxygen atoms in total. The van der Waals surface area contributed by atoms with E-state index in [1.54, 1.807) is 6.92 Å². The van der Waals surface area contributed by atoms with Gasteiger partial charge in [-0.3, -0.25) is 0 Å². The van der Waals surface area contributed by atoms with Crippen molar-refractivity contribution in [3.8, 4) is 0 Å². The normalized spacial score (nSPS) is 17.7. The molecule has 0 amide bonds. The lowest BCUT2D eigenvalue weighted by Crippen LogP contribution is -2.45. The molecule has 0 saturated heterocycles. The summed E-state index contributed by atoms with van der Waals surface area (Å²) < 4.78 is 0. The Balaban J connectivity index is 4.62. The van der Waals surface area contributed by atoms with E-state index in [2.05, 4.69) is 0 Å². The van der Waals surface area contributed by atoms with Crippen LogP contribution in [0.15, 0.2) is 11.6 Å². The molecule has 0 aromatic carbocycles. The maximum atomic E-state index is 9.68. The predicted molar refractivity (Wildman–Crippen MR) is 55.1 cm³/mol. The minimum atomic E-state index is -1.28. The standard InChI is InChI=1S/C10H20O5/c1-7(4-11)3-8(14)9(15)10(2,5-12)6-13/h3,8-9,11-15H,4-6H2,1-2H3. The van der Waals surface area contributed by atoms with Gasteiger partial charge in [0.2, 0.25) is 0 Å². The van der Waals surface area contributed by atoms with Crippen LogP contribution in [0.25, 0.3) is 0 Å². The fraction of sp³-hybridized carbons (Fsp3) is 0.800. The first-order valence-electron chi connectivity index (χ1n) is 4.77. The maximum Gasteiger partial charge on any atom is 0.0990 e. The van der Waals surface area contributed by atoms with Crippen molar-refractivity contribution >= 4 is 0 Å². The first-order valence-corrected chi connectivity index (χ1v) is 4.77. The average molecular weight is 220 g/mol. The molecule has 0 spiro atoms. The van der Waals surface area contributed by atoms with Crippen molar-refractivity contribution in [3.63, 3.8) is 0 Å². The van der Waals surface area contributed by atoms with Gasteiger partial charge in [0.1, 0.15) is 0 Å². The summed E-state index contributed by atoms with van der Waals surface area (Å²) in [5.41, 5.74) is -0.647. The van der Waals surface area contributed by atoms with Crippen molar-refractivity contribution in [1.29, 1.82) is 0 Å². The summed E-state index contributed by atoms with van der Waals surface area (Å²) in [5, 5.41) is 46.0. The second kappa shape index (κ2) is 6.19. The van der Waals surface area contributed by atoms with Crippen LogP contribution >= 0.6 is 0 Å². The second-order valence-corrected chi connectivity index (χ2v) is 4.08. The minimum Gasteiger partial charge on any atom is -0.396 e. The van der Waals surface area contributed by atoms with E-state index < -0.39 is 30.8 Å². The lowest BCUT2D eigenvalue weighted by atomic mass is 9.82. The van der Waals surface area contributed by atoms with Crippen LogP contribution in [0.5, 0.6) is 0 Å². The van der Waals surface area contributed by atoms with Crippen molar-refractivity contribution in [1.82, 2.24) is 0 Å². The number of hydrogen-bond donors (Lipinski definition) is 5. The van der Waals surface area contributed by atoms with Crippen LogP contribution in [-0.2, 0) is 0 Å². The highest BCUT2D eigenvalue weighted by molar-refractivity contribution is 5.05. The zero-order valence-electron chi connectivity index (χ0n) is 9.09. The fourth-order valence-corrected chi connectivity index (χ4v) is 1.08. The molecule has 5 N–H and O–H groups in total. The highest BCUT2D eigenvalue weighted by Gasteiger charge is 2.35. The molecule has 0 radical (unpaired) electrons. The molecule has 0 saturated carbocycles. The average Bonchev–Trinajstić information content (AvgIpc) is 2.26. The molecule has 2 atom stereocenters. The molecule has 15 heavy (non-hydrogen) atoms. The quantitative estimate of drug-likeness (QED) is 0.356. The molecular formula is C10H20O5. The van der Waals surface area contributed by atoms with Gasteiger partial charge in [0.25, 0.3) is 0 Å². The van der Waals surface area contributed by atoms with Crippen molar-refractivity contribution in [2.45, 2.75) is 26.1 Å². The Morgan fingerprint density at radius 2 is 1.67 bits per heavy atom. The summed E-state index contributed by atoms with van der Waals surface area (Å²) in [4.78, 5) is 0. The number of rotatable bonds is 6. The third-order valence-corrected chi connectivity index (χ3v) is 2.46. The van der Waals surface area contributed by atoms with Crippen molar-refractivity contribution in [2.24, 2.45) is 5.41 Å². The van der Waals surface area contributed by atoms with E-state index >= 15 is 0 Å². The van der Waals surface area contributed by atoms with Gasteiger partial charge in [-0.2, -0.15) is 0 Å². The zero-order valence-corrected chi connectivity index (χ0v) is 9.09. The Bertz CT molecular complexity index is 210. The Kier molecular flexibility index (Phi) is 6.00. The van der Waals surface area contributed by atoms with Crippen LogP contribution in [0.2, 0.25) is 0 Å². The van der Waals surface area contributed by atoms with E-state index in [9.17, 15) is 10.2 Å². The number of aliphatic hydroxyl groups excluding tert-OH is 5. The van der Waals surface area contributed by atoms with Crippen molar-refractivity contribution < 1.29 is 25.5 Å². The van der Waals surface area contributed by atoms with Crippen LogP contribution < -0.4 is 0 Å². The van der Waals surface area contributed by atoms with Crippen LogP contribution in [0.1, 0.15) is 13.8 Å². The topological polar surface area (TPSA) is 101 Å². The molecule has 0 aliphatic carbocycles. The lowest BCUT2D eigenvalue weighted by molar-refractivity contribution is -0.0852. The van der Waals surface area contributed by atoms with E-state index in [-0.39, 0.29) is 6.61 Å². The van der Waals surface area contributed by atoms with E-state index in [1.165, 1.54) is 13.0 Å². The third-order valence-electron chi connectivity index (χ3n) is 2.46. The Hall–Kier alpha value is -0.460. The molecule has 90 valence electrons. The van der Waals surface area contributed by atoms with Gasteiger partial charge in [-0.25, -0.2) is 0 Å². The monoisotopic (exact) mass is 220 g/mol. The molecular weight excluding hydrogens is 200 g/mol. The molecule has 0 aliphatic rings.